The molecule has 3 fully saturated rings. The monoisotopic (exact) mass is 330 g/mol. The Morgan fingerprint density at radius 2 is 1.91 bits per heavy atom. The Hall–Kier alpha value is -0.850. The van der Waals surface area contributed by atoms with E-state index >= 15 is 0 Å². The van der Waals surface area contributed by atoms with Gasteiger partial charge in [-0.3, -0.25) is 10.1 Å². The highest BCUT2D eigenvalue weighted by Gasteiger charge is 2.48. The summed E-state index contributed by atoms with van der Waals surface area (Å²) >= 11 is 0. The summed E-state index contributed by atoms with van der Waals surface area (Å²) in [5, 5.41) is 8.63. The number of piperidine rings is 1. The molecule has 0 aliphatic carbocycles. The van der Waals surface area contributed by atoms with Crippen LogP contribution in [0.5, 0.6) is 0 Å². The van der Waals surface area contributed by atoms with Gasteiger partial charge < -0.3 is 15.5 Å². The third-order valence-corrected chi connectivity index (χ3v) is 5.54. The van der Waals surface area contributed by atoms with Crippen LogP contribution < -0.4 is 16.0 Å². The van der Waals surface area contributed by atoms with Crippen LogP contribution in [0.3, 0.4) is 0 Å². The molecule has 3 saturated heterocycles. The molecule has 7 heteroatoms. The van der Waals surface area contributed by atoms with Gasteiger partial charge in [0.05, 0.1) is 0 Å². The standard InChI is InChI=1S/C15H26N4O2.ClH/c1-14(5-6-16-9-14)10-19-7-3-11(4-8-19)15(2)12(20)17-13(21)18-15;/h11,16H,3-10H2,1-2H3,(H2,17,18,20,21);1H. The minimum absolute atomic E-state index is 0. The maximum atomic E-state index is 12.0. The second-order valence-electron chi connectivity index (χ2n) is 7.40. The quantitative estimate of drug-likeness (QED) is 0.667. The Kier molecular flexibility index (Phi) is 5.04. The molecule has 3 aliphatic rings. The van der Waals surface area contributed by atoms with E-state index in [4.69, 9.17) is 0 Å². The summed E-state index contributed by atoms with van der Waals surface area (Å²) in [5.41, 5.74) is -0.336. The summed E-state index contributed by atoms with van der Waals surface area (Å²) in [4.78, 5) is 25.9. The van der Waals surface area contributed by atoms with Crippen molar-refractivity contribution >= 4 is 24.3 Å². The van der Waals surface area contributed by atoms with Crippen molar-refractivity contribution in [3.8, 4) is 0 Å². The molecule has 22 heavy (non-hydrogen) atoms. The first-order valence-electron chi connectivity index (χ1n) is 7.98. The van der Waals surface area contributed by atoms with Crippen LogP contribution in [-0.4, -0.2) is 55.1 Å². The third-order valence-electron chi connectivity index (χ3n) is 5.54. The van der Waals surface area contributed by atoms with Crippen LogP contribution in [0.4, 0.5) is 4.79 Å². The first-order valence-corrected chi connectivity index (χ1v) is 7.98. The van der Waals surface area contributed by atoms with Crippen LogP contribution >= 0.6 is 12.4 Å². The molecule has 3 aliphatic heterocycles. The van der Waals surface area contributed by atoms with E-state index in [-0.39, 0.29) is 30.3 Å². The van der Waals surface area contributed by atoms with E-state index < -0.39 is 5.54 Å². The molecule has 6 nitrogen and oxygen atoms in total. The highest BCUT2D eigenvalue weighted by Crippen LogP contribution is 2.33. The average molecular weight is 331 g/mol. The molecule has 0 spiro atoms. The highest BCUT2D eigenvalue weighted by molar-refractivity contribution is 6.06. The average Bonchev–Trinajstić information content (AvgIpc) is 2.95. The predicted octanol–water partition coefficient (Wildman–Crippen LogP) is 0.718. The Balaban J connectivity index is 0.00000176. The summed E-state index contributed by atoms with van der Waals surface area (Å²) in [7, 11) is 0. The summed E-state index contributed by atoms with van der Waals surface area (Å²) < 4.78 is 0. The van der Waals surface area contributed by atoms with Gasteiger partial charge in [-0.05, 0) is 57.2 Å². The van der Waals surface area contributed by atoms with Gasteiger partial charge in [0.1, 0.15) is 5.54 Å². The molecule has 0 aromatic heterocycles. The van der Waals surface area contributed by atoms with Gasteiger partial charge >= 0.3 is 6.03 Å². The van der Waals surface area contributed by atoms with Crippen molar-refractivity contribution in [3.63, 3.8) is 0 Å². The third kappa shape index (κ3) is 3.24. The topological polar surface area (TPSA) is 73.5 Å². The zero-order valence-electron chi connectivity index (χ0n) is 13.4. The molecule has 3 N–H and O–H groups in total. The number of hydrogen-bond acceptors (Lipinski definition) is 4. The summed E-state index contributed by atoms with van der Waals surface area (Å²) in [6.45, 7) is 9.58. The van der Waals surface area contributed by atoms with E-state index in [9.17, 15) is 9.59 Å². The Morgan fingerprint density at radius 1 is 1.23 bits per heavy atom. The number of nitrogens with one attached hydrogen (secondary N) is 3. The molecular weight excluding hydrogens is 304 g/mol. The normalized spacial score (nSPS) is 36.8. The zero-order valence-corrected chi connectivity index (χ0v) is 14.2. The van der Waals surface area contributed by atoms with Crippen molar-refractivity contribution < 1.29 is 9.59 Å². The lowest BCUT2D eigenvalue weighted by Gasteiger charge is -2.41. The van der Waals surface area contributed by atoms with Crippen molar-refractivity contribution in [2.45, 2.75) is 38.6 Å². The Labute approximate surface area is 138 Å². The smallest absolute Gasteiger partial charge is 0.322 e. The maximum Gasteiger partial charge on any atom is 0.322 e. The lowest BCUT2D eigenvalue weighted by molar-refractivity contribution is -0.126. The number of halogens is 1. The molecule has 0 bridgehead atoms. The van der Waals surface area contributed by atoms with Crippen LogP contribution in [0.1, 0.15) is 33.1 Å². The minimum atomic E-state index is -0.720. The molecule has 0 aromatic carbocycles. The zero-order chi connectivity index (χ0) is 15.1. The summed E-state index contributed by atoms with van der Waals surface area (Å²) in [6, 6.07) is -0.352. The van der Waals surface area contributed by atoms with Gasteiger partial charge in [0, 0.05) is 13.1 Å². The van der Waals surface area contributed by atoms with Crippen molar-refractivity contribution in [1.29, 1.82) is 0 Å². The van der Waals surface area contributed by atoms with Crippen molar-refractivity contribution in [2.24, 2.45) is 11.3 Å². The van der Waals surface area contributed by atoms with Crippen LogP contribution in [0.25, 0.3) is 0 Å². The largest absolute Gasteiger partial charge is 0.323 e. The van der Waals surface area contributed by atoms with Crippen LogP contribution in [0.2, 0.25) is 0 Å². The van der Waals surface area contributed by atoms with E-state index in [1.54, 1.807) is 0 Å². The molecule has 0 radical (unpaired) electrons. The van der Waals surface area contributed by atoms with Gasteiger partial charge in [-0.2, -0.15) is 0 Å². The first kappa shape index (κ1) is 17.5. The molecule has 3 rings (SSSR count). The van der Waals surface area contributed by atoms with E-state index in [1.165, 1.54) is 6.42 Å². The molecular formula is C15H27ClN4O2. The van der Waals surface area contributed by atoms with E-state index in [0.29, 0.717) is 5.41 Å². The van der Waals surface area contributed by atoms with Gasteiger partial charge in [0.15, 0.2) is 0 Å². The number of imide groups is 1. The summed E-state index contributed by atoms with van der Waals surface area (Å²) in [5.74, 6) is 0.0626. The van der Waals surface area contributed by atoms with Gasteiger partial charge in [-0.15, -0.1) is 12.4 Å². The second-order valence-corrected chi connectivity index (χ2v) is 7.40. The van der Waals surface area contributed by atoms with E-state index in [0.717, 1.165) is 45.6 Å². The second kappa shape index (κ2) is 6.34. The fraction of sp³-hybridized carbons (Fsp3) is 0.867. The van der Waals surface area contributed by atoms with Crippen molar-refractivity contribution in [3.05, 3.63) is 0 Å². The number of carbonyl (C=O) groups is 2. The number of nitrogens with zero attached hydrogens (tertiary/aromatic N) is 1. The number of carbonyl (C=O) groups excluding carboxylic acids is 2. The van der Waals surface area contributed by atoms with Gasteiger partial charge in [-0.25, -0.2) is 4.79 Å². The fourth-order valence-electron chi connectivity index (χ4n) is 4.06. The Bertz CT molecular complexity index is 445. The number of rotatable bonds is 3. The first-order chi connectivity index (χ1) is 9.91. The molecule has 0 saturated carbocycles. The van der Waals surface area contributed by atoms with E-state index in [1.807, 2.05) is 6.92 Å². The molecule has 3 amide bonds. The number of urea groups is 1. The molecule has 2 unspecified atom stereocenters. The molecule has 126 valence electrons. The number of amides is 3. The highest BCUT2D eigenvalue weighted by atomic mass is 35.5. The molecule has 0 aromatic rings. The van der Waals surface area contributed by atoms with Gasteiger partial charge in [0.25, 0.3) is 5.91 Å². The van der Waals surface area contributed by atoms with Gasteiger partial charge in [-0.1, -0.05) is 6.92 Å². The predicted molar refractivity (Wildman–Crippen MR) is 87.1 cm³/mol. The lowest BCUT2D eigenvalue weighted by atomic mass is 9.78. The van der Waals surface area contributed by atoms with Crippen LogP contribution in [0, 0.1) is 11.3 Å². The molecule has 2 atom stereocenters. The van der Waals surface area contributed by atoms with Crippen LogP contribution in [0.15, 0.2) is 0 Å². The van der Waals surface area contributed by atoms with Gasteiger partial charge in [0.2, 0.25) is 0 Å². The van der Waals surface area contributed by atoms with E-state index in [2.05, 4.69) is 27.8 Å². The lowest BCUT2D eigenvalue weighted by Crippen LogP contribution is -2.54. The molecule has 3 heterocycles. The Morgan fingerprint density at radius 3 is 2.41 bits per heavy atom. The summed E-state index contributed by atoms with van der Waals surface area (Å²) in [6.07, 6.45) is 3.17. The number of likely N-dealkylation sites (tertiary alicyclic amines) is 1. The van der Waals surface area contributed by atoms with Crippen molar-refractivity contribution in [2.75, 3.05) is 32.7 Å². The van der Waals surface area contributed by atoms with Crippen molar-refractivity contribution in [1.82, 2.24) is 20.9 Å². The minimum Gasteiger partial charge on any atom is -0.323 e. The SMILES string of the molecule is CC1(CN2CCC(C3(C)NC(=O)NC3=O)CC2)CCNC1.Cl. The maximum absolute atomic E-state index is 12.0. The fourth-order valence-corrected chi connectivity index (χ4v) is 4.06. The van der Waals surface area contributed by atoms with Crippen LogP contribution in [-0.2, 0) is 4.79 Å². The number of hydrogen-bond donors (Lipinski definition) is 3.